The second-order valence-corrected chi connectivity index (χ2v) is 8.55. The summed E-state index contributed by atoms with van der Waals surface area (Å²) in [6, 6.07) is 20.5. The third-order valence-corrected chi connectivity index (χ3v) is 5.63. The molecule has 0 fully saturated rings. The number of aromatic nitrogens is 3. The maximum absolute atomic E-state index is 12.3. The van der Waals surface area contributed by atoms with Gasteiger partial charge in [-0.3, -0.25) is 5.43 Å². The monoisotopic (exact) mass is 608 g/mol. The summed E-state index contributed by atoms with van der Waals surface area (Å²) in [7, 11) is 0. The van der Waals surface area contributed by atoms with Crippen LogP contribution in [0.15, 0.2) is 84.2 Å². The number of para-hydroxylation sites is 1. The third-order valence-electron chi connectivity index (χ3n) is 4.50. The lowest BCUT2D eigenvalue weighted by atomic mass is 10.1. The standard InChI is InChI=1S/C23H16F3IN6OS/c24-23(25,26)34-18-11-9-17(10-12-18)33-14-28-21(32-33)16-7-5-15(6-8-16)13-29-31-22(35)30-20-4-2-1-3-19(20)27/h1-14H,(H2,30,31,35)/b29-13+. The van der Waals surface area contributed by atoms with Gasteiger partial charge in [0.05, 0.1) is 17.6 Å². The fourth-order valence-corrected chi connectivity index (χ4v) is 3.60. The molecule has 0 saturated heterocycles. The van der Waals surface area contributed by atoms with Gasteiger partial charge in [0.25, 0.3) is 0 Å². The van der Waals surface area contributed by atoms with Crippen molar-refractivity contribution in [3.8, 4) is 22.8 Å². The highest BCUT2D eigenvalue weighted by Gasteiger charge is 2.31. The molecule has 0 amide bonds. The molecule has 0 aliphatic rings. The number of rotatable bonds is 6. The van der Waals surface area contributed by atoms with E-state index in [0.29, 0.717) is 16.6 Å². The summed E-state index contributed by atoms with van der Waals surface area (Å²) in [6.07, 6.45) is -1.63. The minimum atomic E-state index is -4.74. The molecule has 0 aliphatic carbocycles. The Hall–Kier alpha value is -3.52. The Morgan fingerprint density at radius 2 is 1.74 bits per heavy atom. The highest BCUT2D eigenvalue weighted by Crippen LogP contribution is 2.24. The number of hydrogen-bond donors (Lipinski definition) is 2. The number of thiocarbonyl (C=S) groups is 1. The normalized spacial score (nSPS) is 11.4. The number of ether oxygens (including phenoxy) is 1. The molecular formula is C23H16F3IN6OS. The van der Waals surface area contributed by atoms with Gasteiger partial charge in [-0.1, -0.05) is 36.4 Å². The number of halogens is 4. The summed E-state index contributed by atoms with van der Waals surface area (Å²) in [5.41, 5.74) is 5.81. The average Bonchev–Trinajstić information content (AvgIpc) is 3.31. The number of hydrazone groups is 1. The average molecular weight is 608 g/mol. The molecule has 1 heterocycles. The highest BCUT2D eigenvalue weighted by molar-refractivity contribution is 14.1. The van der Waals surface area contributed by atoms with Gasteiger partial charge in [-0.25, -0.2) is 9.67 Å². The van der Waals surface area contributed by atoms with Crippen LogP contribution in [-0.2, 0) is 0 Å². The van der Waals surface area contributed by atoms with Crippen LogP contribution < -0.4 is 15.5 Å². The van der Waals surface area contributed by atoms with Crippen molar-refractivity contribution in [2.75, 3.05) is 5.32 Å². The van der Waals surface area contributed by atoms with E-state index in [1.165, 1.54) is 35.3 Å². The second kappa shape index (κ2) is 10.8. The molecule has 12 heteroatoms. The number of nitrogens with zero attached hydrogens (tertiary/aromatic N) is 4. The number of hydrogen-bond acceptors (Lipinski definition) is 5. The lowest BCUT2D eigenvalue weighted by Gasteiger charge is -2.09. The number of alkyl halides is 3. The van der Waals surface area contributed by atoms with Crippen LogP contribution in [0.4, 0.5) is 18.9 Å². The van der Waals surface area contributed by atoms with Crippen molar-refractivity contribution in [2.45, 2.75) is 6.36 Å². The molecule has 1 aromatic heterocycles. The summed E-state index contributed by atoms with van der Waals surface area (Å²) >= 11 is 7.47. The van der Waals surface area contributed by atoms with Gasteiger partial charge in [0.2, 0.25) is 0 Å². The highest BCUT2D eigenvalue weighted by atomic mass is 127. The van der Waals surface area contributed by atoms with Gasteiger partial charge in [-0.2, -0.15) is 5.10 Å². The maximum atomic E-state index is 12.3. The summed E-state index contributed by atoms with van der Waals surface area (Å²) < 4.78 is 43.3. The summed E-state index contributed by atoms with van der Waals surface area (Å²) in [5.74, 6) is 0.157. The Bertz CT molecular complexity index is 1340. The van der Waals surface area contributed by atoms with E-state index in [9.17, 15) is 13.2 Å². The van der Waals surface area contributed by atoms with E-state index in [2.05, 4.69) is 53.3 Å². The van der Waals surface area contributed by atoms with Crippen LogP contribution in [0.25, 0.3) is 17.1 Å². The molecule has 0 bridgehead atoms. The van der Waals surface area contributed by atoms with Crippen molar-refractivity contribution in [3.63, 3.8) is 0 Å². The molecule has 0 saturated carbocycles. The van der Waals surface area contributed by atoms with Crippen molar-refractivity contribution in [1.82, 2.24) is 20.2 Å². The van der Waals surface area contributed by atoms with Gasteiger partial charge in [-0.15, -0.1) is 18.3 Å². The lowest BCUT2D eigenvalue weighted by Crippen LogP contribution is -2.24. The van der Waals surface area contributed by atoms with E-state index in [4.69, 9.17) is 12.2 Å². The molecule has 7 nitrogen and oxygen atoms in total. The molecule has 4 rings (SSSR count). The molecule has 0 spiro atoms. The molecule has 4 aromatic rings. The molecule has 178 valence electrons. The van der Waals surface area contributed by atoms with Gasteiger partial charge in [0, 0.05) is 9.13 Å². The minimum absolute atomic E-state index is 0.306. The third kappa shape index (κ3) is 6.99. The van der Waals surface area contributed by atoms with Crippen LogP contribution in [0.3, 0.4) is 0 Å². The predicted octanol–water partition coefficient (Wildman–Crippen LogP) is 5.76. The van der Waals surface area contributed by atoms with Crippen LogP contribution >= 0.6 is 34.8 Å². The summed E-state index contributed by atoms with van der Waals surface area (Å²) in [6.45, 7) is 0. The van der Waals surface area contributed by atoms with Gasteiger partial charge >= 0.3 is 6.36 Å². The topological polar surface area (TPSA) is 76.4 Å². The van der Waals surface area contributed by atoms with Crippen LogP contribution in [0.1, 0.15) is 5.56 Å². The Labute approximate surface area is 217 Å². The number of nitrogens with one attached hydrogen (secondary N) is 2. The zero-order valence-electron chi connectivity index (χ0n) is 17.7. The van der Waals surface area contributed by atoms with Crippen LogP contribution in [0.5, 0.6) is 5.75 Å². The van der Waals surface area contributed by atoms with Crippen LogP contribution in [0.2, 0.25) is 0 Å². The van der Waals surface area contributed by atoms with E-state index in [1.54, 1.807) is 6.21 Å². The largest absolute Gasteiger partial charge is 0.573 e. The van der Waals surface area contributed by atoms with Gasteiger partial charge < -0.3 is 10.1 Å². The van der Waals surface area contributed by atoms with Crippen LogP contribution in [0, 0.1) is 3.57 Å². The van der Waals surface area contributed by atoms with Crippen molar-refractivity contribution in [3.05, 3.63) is 88.3 Å². The Balaban J connectivity index is 1.35. The number of anilines is 1. The first-order valence-corrected chi connectivity index (χ1v) is 11.5. The zero-order valence-corrected chi connectivity index (χ0v) is 20.7. The molecule has 35 heavy (non-hydrogen) atoms. The van der Waals surface area contributed by atoms with E-state index < -0.39 is 6.36 Å². The SMILES string of the molecule is FC(F)(F)Oc1ccc(-n2cnc(-c3ccc(/C=N/NC(=S)Nc4ccccc4I)cc3)n2)cc1. The molecule has 0 aliphatic heterocycles. The van der Waals surface area contributed by atoms with Crippen molar-refractivity contribution >= 4 is 51.8 Å². The minimum Gasteiger partial charge on any atom is -0.406 e. The Morgan fingerprint density at radius 3 is 2.43 bits per heavy atom. The molecule has 0 unspecified atom stereocenters. The van der Waals surface area contributed by atoms with Crippen molar-refractivity contribution in [1.29, 1.82) is 0 Å². The molecule has 2 N–H and O–H groups in total. The Morgan fingerprint density at radius 1 is 1.03 bits per heavy atom. The molecule has 3 aromatic carbocycles. The second-order valence-electron chi connectivity index (χ2n) is 6.98. The number of benzene rings is 3. The molecule has 0 atom stereocenters. The quantitative estimate of drug-likeness (QED) is 0.126. The molecule has 0 radical (unpaired) electrons. The first-order chi connectivity index (χ1) is 16.8. The first kappa shape index (κ1) is 24.6. The van der Waals surface area contributed by atoms with E-state index in [1.807, 2.05) is 48.5 Å². The van der Waals surface area contributed by atoms with E-state index in [-0.39, 0.29) is 5.75 Å². The van der Waals surface area contributed by atoms with Gasteiger partial charge in [-0.05, 0) is 76.8 Å². The summed E-state index contributed by atoms with van der Waals surface area (Å²) in [4.78, 5) is 4.28. The smallest absolute Gasteiger partial charge is 0.406 e. The fourth-order valence-electron chi connectivity index (χ4n) is 2.92. The van der Waals surface area contributed by atoms with E-state index >= 15 is 0 Å². The summed E-state index contributed by atoms with van der Waals surface area (Å²) in [5, 5.41) is 12.0. The predicted molar refractivity (Wildman–Crippen MR) is 140 cm³/mol. The first-order valence-electron chi connectivity index (χ1n) is 10.00. The van der Waals surface area contributed by atoms with Gasteiger partial charge in [0.15, 0.2) is 10.9 Å². The lowest BCUT2D eigenvalue weighted by molar-refractivity contribution is -0.274. The van der Waals surface area contributed by atoms with Crippen molar-refractivity contribution in [2.24, 2.45) is 5.10 Å². The van der Waals surface area contributed by atoms with E-state index in [0.717, 1.165) is 20.4 Å². The fraction of sp³-hybridized carbons (Fsp3) is 0.0435. The zero-order chi connectivity index (χ0) is 24.8. The Kier molecular flexibility index (Phi) is 7.60. The van der Waals surface area contributed by atoms with Gasteiger partial charge in [0.1, 0.15) is 12.1 Å². The molecular weight excluding hydrogens is 592 g/mol. The van der Waals surface area contributed by atoms with Crippen LogP contribution in [-0.4, -0.2) is 32.5 Å². The maximum Gasteiger partial charge on any atom is 0.573 e. The van der Waals surface area contributed by atoms with Crippen molar-refractivity contribution < 1.29 is 17.9 Å².